The summed E-state index contributed by atoms with van der Waals surface area (Å²) in [4.78, 5) is 21.4. The molecule has 0 bridgehead atoms. The fourth-order valence-electron chi connectivity index (χ4n) is 0.678. The number of carbonyl (C=O) groups excluding carboxylic acids is 1. The van der Waals surface area contributed by atoms with E-state index in [1.54, 1.807) is 6.92 Å². The Hall–Kier alpha value is -1.10. The van der Waals surface area contributed by atoms with Gasteiger partial charge in [0.1, 0.15) is 6.10 Å². The Morgan fingerprint density at radius 2 is 1.80 bits per heavy atom. The number of esters is 1. The summed E-state index contributed by atoms with van der Waals surface area (Å²) in [5.41, 5.74) is -0.237. The van der Waals surface area contributed by atoms with E-state index < -0.39 is 24.5 Å². The third-order valence-electron chi connectivity index (χ3n) is 2.15. The van der Waals surface area contributed by atoms with Crippen molar-refractivity contribution >= 4 is 11.9 Å². The molecule has 0 amide bonds. The van der Waals surface area contributed by atoms with E-state index in [0.29, 0.717) is 0 Å². The second-order valence-corrected chi connectivity index (χ2v) is 4.56. The normalized spacial score (nSPS) is 15.5. The zero-order chi connectivity index (χ0) is 12.2. The van der Waals surface area contributed by atoms with E-state index in [2.05, 4.69) is 0 Å². The molecule has 0 aliphatic heterocycles. The molecule has 15 heavy (non-hydrogen) atoms. The topological polar surface area (TPSA) is 83.8 Å². The van der Waals surface area contributed by atoms with Gasteiger partial charge in [-0.25, -0.2) is 4.79 Å². The van der Waals surface area contributed by atoms with Crippen molar-refractivity contribution in [2.24, 2.45) is 5.41 Å². The maximum absolute atomic E-state index is 11.2. The molecule has 88 valence electrons. The van der Waals surface area contributed by atoms with E-state index in [1.807, 2.05) is 20.8 Å². The summed E-state index contributed by atoms with van der Waals surface area (Å²) in [6.45, 7) is 7.35. The molecule has 2 atom stereocenters. The van der Waals surface area contributed by atoms with Crippen LogP contribution in [0, 0.1) is 5.41 Å². The molecular formula is C10H18O5. The van der Waals surface area contributed by atoms with Crippen LogP contribution in [0.1, 0.15) is 34.1 Å². The van der Waals surface area contributed by atoms with Gasteiger partial charge in [-0.3, -0.25) is 4.79 Å². The van der Waals surface area contributed by atoms with Crippen molar-refractivity contribution in [2.45, 2.75) is 46.3 Å². The van der Waals surface area contributed by atoms with E-state index >= 15 is 0 Å². The van der Waals surface area contributed by atoms with Gasteiger partial charge in [0, 0.05) is 0 Å². The number of aliphatic carboxylic acids is 1. The number of carboxylic acid groups (broad SMARTS) is 1. The van der Waals surface area contributed by atoms with Crippen molar-refractivity contribution < 1.29 is 24.5 Å². The summed E-state index contributed by atoms with van der Waals surface area (Å²) >= 11 is 0. The lowest BCUT2D eigenvalue weighted by molar-refractivity contribution is -0.166. The fourth-order valence-corrected chi connectivity index (χ4v) is 0.678. The lowest BCUT2D eigenvalue weighted by Crippen LogP contribution is -2.34. The molecule has 0 aromatic carbocycles. The first-order valence-corrected chi connectivity index (χ1v) is 4.75. The predicted octanol–water partition coefficient (Wildman–Crippen LogP) is 0.800. The van der Waals surface area contributed by atoms with Crippen LogP contribution >= 0.6 is 0 Å². The van der Waals surface area contributed by atoms with Crippen LogP contribution in [0.2, 0.25) is 0 Å². The van der Waals surface area contributed by atoms with Crippen LogP contribution in [-0.4, -0.2) is 34.4 Å². The van der Waals surface area contributed by atoms with Crippen LogP contribution in [0.5, 0.6) is 0 Å². The largest absolute Gasteiger partial charge is 0.481 e. The molecule has 0 fully saturated rings. The second kappa shape index (κ2) is 5.11. The van der Waals surface area contributed by atoms with Crippen LogP contribution in [0.15, 0.2) is 0 Å². The second-order valence-electron chi connectivity index (χ2n) is 4.56. The van der Waals surface area contributed by atoms with Crippen molar-refractivity contribution in [3.8, 4) is 0 Å². The lowest BCUT2D eigenvalue weighted by Gasteiger charge is -2.27. The molecule has 0 heterocycles. The highest BCUT2D eigenvalue weighted by atomic mass is 16.6. The molecule has 0 spiro atoms. The van der Waals surface area contributed by atoms with Gasteiger partial charge in [0.25, 0.3) is 0 Å². The summed E-state index contributed by atoms with van der Waals surface area (Å²) in [7, 11) is 0. The summed E-state index contributed by atoms with van der Waals surface area (Å²) in [5, 5.41) is 17.5. The first-order valence-electron chi connectivity index (χ1n) is 4.75. The molecule has 0 radical (unpaired) electrons. The SMILES string of the molecule is C[C@H](OC(=O)[C@@H](O)CC(=O)O)C(C)(C)C. The van der Waals surface area contributed by atoms with Crippen molar-refractivity contribution in [1.29, 1.82) is 0 Å². The van der Waals surface area contributed by atoms with Crippen molar-refractivity contribution in [3.05, 3.63) is 0 Å². The molecular weight excluding hydrogens is 200 g/mol. The van der Waals surface area contributed by atoms with Gasteiger partial charge in [-0.15, -0.1) is 0 Å². The van der Waals surface area contributed by atoms with Crippen molar-refractivity contribution in [1.82, 2.24) is 0 Å². The Kier molecular flexibility index (Phi) is 4.74. The number of aliphatic hydroxyl groups is 1. The number of aliphatic hydroxyl groups excluding tert-OH is 1. The number of hydrogen-bond acceptors (Lipinski definition) is 4. The summed E-state index contributed by atoms with van der Waals surface area (Å²) in [5.74, 6) is -2.12. The standard InChI is InChI=1S/C10H18O5/c1-6(10(2,3)4)15-9(14)7(11)5-8(12)13/h6-7,11H,5H2,1-4H3,(H,12,13)/t6-,7-/m0/s1. The van der Waals surface area contributed by atoms with E-state index in [9.17, 15) is 9.59 Å². The molecule has 0 aromatic heterocycles. The predicted molar refractivity (Wildman–Crippen MR) is 53.3 cm³/mol. The van der Waals surface area contributed by atoms with Gasteiger partial charge in [0.15, 0.2) is 6.10 Å². The summed E-state index contributed by atoms with van der Waals surface area (Å²) in [6, 6.07) is 0. The zero-order valence-corrected chi connectivity index (χ0v) is 9.48. The molecule has 2 N–H and O–H groups in total. The van der Waals surface area contributed by atoms with Gasteiger partial charge in [-0.2, -0.15) is 0 Å². The monoisotopic (exact) mass is 218 g/mol. The molecule has 0 aromatic rings. The quantitative estimate of drug-likeness (QED) is 0.682. The first kappa shape index (κ1) is 13.9. The average Bonchev–Trinajstić information content (AvgIpc) is 2.00. The highest BCUT2D eigenvalue weighted by molar-refractivity contribution is 5.80. The van der Waals surface area contributed by atoms with Gasteiger partial charge < -0.3 is 14.9 Å². The Labute approximate surface area is 89.0 Å². The Morgan fingerprint density at radius 1 is 1.33 bits per heavy atom. The van der Waals surface area contributed by atoms with Crippen LogP contribution < -0.4 is 0 Å². The van der Waals surface area contributed by atoms with E-state index in [-0.39, 0.29) is 11.5 Å². The maximum atomic E-state index is 11.2. The zero-order valence-electron chi connectivity index (χ0n) is 9.48. The van der Waals surface area contributed by atoms with Gasteiger partial charge >= 0.3 is 11.9 Å². The third-order valence-corrected chi connectivity index (χ3v) is 2.15. The molecule has 0 saturated heterocycles. The number of carbonyl (C=O) groups is 2. The van der Waals surface area contributed by atoms with Gasteiger partial charge in [-0.1, -0.05) is 20.8 Å². The average molecular weight is 218 g/mol. The highest BCUT2D eigenvalue weighted by Crippen LogP contribution is 2.22. The Morgan fingerprint density at radius 3 is 2.13 bits per heavy atom. The number of ether oxygens (including phenoxy) is 1. The molecule has 0 unspecified atom stereocenters. The minimum atomic E-state index is -1.59. The minimum absolute atomic E-state index is 0.237. The van der Waals surface area contributed by atoms with Gasteiger partial charge in [0.05, 0.1) is 6.42 Å². The van der Waals surface area contributed by atoms with E-state index in [0.717, 1.165) is 0 Å². The van der Waals surface area contributed by atoms with Gasteiger partial charge in [0.2, 0.25) is 0 Å². The van der Waals surface area contributed by atoms with Gasteiger partial charge in [-0.05, 0) is 12.3 Å². The van der Waals surface area contributed by atoms with E-state index in [1.165, 1.54) is 0 Å². The molecule has 5 heteroatoms. The Bertz CT molecular complexity index is 241. The number of rotatable bonds is 4. The van der Waals surface area contributed by atoms with Crippen LogP contribution in [0.25, 0.3) is 0 Å². The summed E-state index contributed by atoms with van der Waals surface area (Å²) < 4.78 is 4.93. The first-order chi connectivity index (χ1) is 6.64. The van der Waals surface area contributed by atoms with E-state index in [4.69, 9.17) is 14.9 Å². The lowest BCUT2D eigenvalue weighted by atomic mass is 9.90. The molecule has 0 aliphatic rings. The maximum Gasteiger partial charge on any atom is 0.335 e. The smallest absolute Gasteiger partial charge is 0.335 e. The van der Waals surface area contributed by atoms with Crippen LogP contribution in [0.4, 0.5) is 0 Å². The van der Waals surface area contributed by atoms with Crippen LogP contribution in [-0.2, 0) is 14.3 Å². The number of hydrogen-bond donors (Lipinski definition) is 2. The third kappa shape index (κ3) is 5.37. The summed E-state index contributed by atoms with van der Waals surface area (Å²) in [6.07, 6.45) is -2.60. The van der Waals surface area contributed by atoms with Crippen molar-refractivity contribution in [2.75, 3.05) is 0 Å². The van der Waals surface area contributed by atoms with Crippen molar-refractivity contribution in [3.63, 3.8) is 0 Å². The van der Waals surface area contributed by atoms with Crippen LogP contribution in [0.3, 0.4) is 0 Å². The molecule has 0 rings (SSSR count). The Balaban J connectivity index is 4.19. The molecule has 0 saturated carbocycles. The molecule has 0 aliphatic carbocycles. The highest BCUT2D eigenvalue weighted by Gasteiger charge is 2.27. The molecule has 5 nitrogen and oxygen atoms in total. The number of carboxylic acids is 1. The fraction of sp³-hybridized carbons (Fsp3) is 0.800. The minimum Gasteiger partial charge on any atom is -0.481 e.